The molecule has 0 aliphatic carbocycles. The summed E-state index contributed by atoms with van der Waals surface area (Å²) in [6.07, 6.45) is 0. The van der Waals surface area contributed by atoms with Gasteiger partial charge in [0.05, 0.1) is 34.0 Å². The van der Waals surface area contributed by atoms with E-state index in [2.05, 4.69) is 64.1 Å². The molecule has 4 aromatic carbocycles. The van der Waals surface area contributed by atoms with Crippen molar-refractivity contribution < 1.29 is 9.31 Å². The second-order valence-electron chi connectivity index (χ2n) is 10.9. The third-order valence-electron chi connectivity index (χ3n) is 7.76. The first-order valence-corrected chi connectivity index (χ1v) is 13.1. The monoisotopic (exact) mass is 509 g/mol. The molecule has 1 aromatic heterocycles. The Bertz CT molecular complexity index is 1720. The van der Waals surface area contributed by atoms with Crippen molar-refractivity contribution in [3.63, 3.8) is 0 Å². The smallest absolute Gasteiger partial charge is 0.399 e. The van der Waals surface area contributed by atoms with Gasteiger partial charge in [0.2, 0.25) is 0 Å². The molecule has 39 heavy (non-hydrogen) atoms. The second kappa shape index (κ2) is 9.46. The van der Waals surface area contributed by atoms with Gasteiger partial charge < -0.3 is 9.31 Å². The van der Waals surface area contributed by atoms with E-state index in [-0.39, 0.29) is 0 Å². The largest absolute Gasteiger partial charge is 0.494 e. The summed E-state index contributed by atoms with van der Waals surface area (Å²) in [5.41, 5.74) is 6.50. The van der Waals surface area contributed by atoms with Gasteiger partial charge in [-0.15, -0.1) is 0 Å². The minimum Gasteiger partial charge on any atom is -0.399 e. The number of fused-ring (bicyclic) bond motifs is 1. The molecule has 0 saturated carbocycles. The van der Waals surface area contributed by atoms with Crippen molar-refractivity contribution in [2.75, 3.05) is 0 Å². The number of para-hydroxylation sites is 1. The molecule has 1 aliphatic heterocycles. The third kappa shape index (κ3) is 4.61. The molecule has 5 nitrogen and oxygen atoms in total. The molecule has 0 spiro atoms. The molecule has 0 atom stereocenters. The Hall–Kier alpha value is -4.31. The lowest BCUT2D eigenvalue weighted by Crippen LogP contribution is -2.41. The van der Waals surface area contributed by atoms with E-state index in [1.54, 1.807) is 0 Å². The maximum Gasteiger partial charge on any atom is 0.494 e. The fourth-order valence-electron chi connectivity index (χ4n) is 4.81. The number of benzene rings is 4. The minimum absolute atomic E-state index is 0.416. The summed E-state index contributed by atoms with van der Waals surface area (Å²) in [5, 5.41) is 10.1. The molecule has 1 fully saturated rings. The number of hydrogen-bond donors (Lipinski definition) is 0. The molecule has 0 unspecified atom stereocenters. The summed E-state index contributed by atoms with van der Waals surface area (Å²) in [7, 11) is -0.459. The Morgan fingerprint density at radius 2 is 1.33 bits per heavy atom. The van der Waals surface area contributed by atoms with Crippen molar-refractivity contribution >= 4 is 23.5 Å². The highest BCUT2D eigenvalue weighted by molar-refractivity contribution is 6.62. The van der Waals surface area contributed by atoms with E-state index in [1.165, 1.54) is 0 Å². The van der Waals surface area contributed by atoms with E-state index in [1.807, 2.05) is 66.7 Å². The molecular weight excluding hydrogens is 481 g/mol. The topological polar surface area (TPSA) is 68.0 Å². The molecule has 1 saturated heterocycles. The Labute approximate surface area is 229 Å². The van der Waals surface area contributed by atoms with Gasteiger partial charge in [-0.3, -0.25) is 0 Å². The molecule has 0 bridgehead atoms. The molecule has 5 aromatic rings. The lowest BCUT2D eigenvalue weighted by Gasteiger charge is -2.32. The summed E-state index contributed by atoms with van der Waals surface area (Å²) in [5.74, 6) is 0.644. The zero-order valence-corrected chi connectivity index (χ0v) is 22.5. The zero-order chi connectivity index (χ0) is 27.2. The zero-order valence-electron chi connectivity index (χ0n) is 22.5. The van der Waals surface area contributed by atoms with Gasteiger partial charge in [0.15, 0.2) is 5.82 Å². The van der Waals surface area contributed by atoms with E-state index in [4.69, 9.17) is 24.5 Å². The van der Waals surface area contributed by atoms with E-state index < -0.39 is 18.3 Å². The van der Waals surface area contributed by atoms with Crippen LogP contribution in [0, 0.1) is 11.3 Å². The first-order valence-electron chi connectivity index (χ1n) is 13.1. The maximum atomic E-state index is 9.16. The molecular formula is C33H28BN3O2. The quantitative estimate of drug-likeness (QED) is 0.249. The third-order valence-corrected chi connectivity index (χ3v) is 7.76. The number of nitrogens with zero attached hydrogens (tertiary/aromatic N) is 3. The maximum absolute atomic E-state index is 9.16. The first kappa shape index (κ1) is 25.0. The lowest BCUT2D eigenvalue weighted by molar-refractivity contribution is 0.00578. The van der Waals surface area contributed by atoms with Gasteiger partial charge in [0, 0.05) is 16.5 Å². The van der Waals surface area contributed by atoms with Gasteiger partial charge in [0.1, 0.15) is 0 Å². The molecule has 0 N–H and O–H groups in total. The Morgan fingerprint density at radius 3 is 2.08 bits per heavy atom. The second-order valence-corrected chi connectivity index (χ2v) is 10.9. The van der Waals surface area contributed by atoms with Crippen LogP contribution < -0.4 is 5.46 Å². The number of nitriles is 1. The van der Waals surface area contributed by atoms with Crippen LogP contribution in [0.5, 0.6) is 0 Å². The Balaban J connectivity index is 1.43. The highest BCUT2D eigenvalue weighted by atomic mass is 16.7. The number of rotatable bonds is 4. The van der Waals surface area contributed by atoms with Crippen molar-refractivity contribution in [1.29, 1.82) is 5.26 Å². The Kier molecular flexibility index (Phi) is 6.07. The van der Waals surface area contributed by atoms with Crippen molar-refractivity contribution in [2.24, 2.45) is 0 Å². The van der Waals surface area contributed by atoms with Crippen LogP contribution in [0.4, 0.5) is 0 Å². The predicted octanol–water partition coefficient (Wildman–Crippen LogP) is 6.80. The molecule has 6 rings (SSSR count). The molecule has 0 radical (unpaired) electrons. The van der Waals surface area contributed by atoms with Crippen LogP contribution in [0.25, 0.3) is 44.7 Å². The van der Waals surface area contributed by atoms with Crippen molar-refractivity contribution in [2.45, 2.75) is 38.9 Å². The van der Waals surface area contributed by atoms with Gasteiger partial charge in [-0.05, 0) is 68.6 Å². The van der Waals surface area contributed by atoms with Gasteiger partial charge >= 0.3 is 7.12 Å². The molecule has 1 aliphatic rings. The Morgan fingerprint density at radius 1 is 0.667 bits per heavy atom. The lowest BCUT2D eigenvalue weighted by atomic mass is 9.78. The molecule has 190 valence electrons. The molecule has 6 heteroatoms. The van der Waals surface area contributed by atoms with Crippen molar-refractivity contribution in [1.82, 2.24) is 9.97 Å². The van der Waals surface area contributed by atoms with Crippen LogP contribution in [0.2, 0.25) is 0 Å². The predicted molar refractivity (Wildman–Crippen MR) is 156 cm³/mol. The van der Waals surface area contributed by atoms with Gasteiger partial charge in [-0.25, -0.2) is 9.97 Å². The minimum atomic E-state index is -0.459. The first-order chi connectivity index (χ1) is 18.7. The van der Waals surface area contributed by atoms with Crippen LogP contribution in [0.15, 0.2) is 97.1 Å². The van der Waals surface area contributed by atoms with Crippen LogP contribution in [-0.2, 0) is 9.31 Å². The van der Waals surface area contributed by atoms with Gasteiger partial charge in [-0.1, -0.05) is 72.8 Å². The van der Waals surface area contributed by atoms with Gasteiger partial charge in [-0.2, -0.15) is 5.26 Å². The van der Waals surface area contributed by atoms with Crippen LogP contribution in [0.1, 0.15) is 33.3 Å². The molecule has 0 amide bonds. The number of hydrogen-bond acceptors (Lipinski definition) is 5. The fourth-order valence-corrected chi connectivity index (χ4v) is 4.81. The van der Waals surface area contributed by atoms with E-state index in [0.717, 1.165) is 44.3 Å². The highest BCUT2D eigenvalue weighted by Crippen LogP contribution is 2.37. The van der Waals surface area contributed by atoms with Crippen LogP contribution >= 0.6 is 0 Å². The fraction of sp³-hybridized carbons (Fsp3) is 0.182. The van der Waals surface area contributed by atoms with Crippen LogP contribution in [0.3, 0.4) is 0 Å². The van der Waals surface area contributed by atoms with E-state index >= 15 is 0 Å². The van der Waals surface area contributed by atoms with Crippen molar-refractivity contribution in [3.8, 4) is 39.8 Å². The average molecular weight is 509 g/mol. The SMILES string of the molecule is CC1(C)OB(c2cccc(-c3nc(-c4cccc(-c5ccc(C#N)cc5)c4)c4ccccc4n3)c2)OC1(C)C. The normalized spacial score (nSPS) is 15.8. The number of aromatic nitrogens is 2. The summed E-state index contributed by atoms with van der Waals surface area (Å²) < 4.78 is 12.6. The molecule has 2 heterocycles. The summed E-state index contributed by atoms with van der Waals surface area (Å²) in [4.78, 5) is 10.0. The van der Waals surface area contributed by atoms with E-state index in [0.29, 0.717) is 11.4 Å². The summed E-state index contributed by atoms with van der Waals surface area (Å²) in [6.45, 7) is 8.23. The standard InChI is InChI=1S/C33H28BN3O2/c1-32(2)33(3,4)39-34(38-32)27-12-8-11-26(20-27)31-36-29-14-6-5-13-28(29)30(37-31)25-10-7-9-24(19-25)23-17-15-22(21-35)16-18-23/h5-20H,1-4H3. The summed E-state index contributed by atoms with van der Waals surface area (Å²) >= 11 is 0. The van der Waals surface area contributed by atoms with Crippen LogP contribution in [-0.4, -0.2) is 28.3 Å². The van der Waals surface area contributed by atoms with Crippen molar-refractivity contribution in [3.05, 3.63) is 103 Å². The highest BCUT2D eigenvalue weighted by Gasteiger charge is 2.51. The van der Waals surface area contributed by atoms with Gasteiger partial charge in [0.25, 0.3) is 0 Å². The van der Waals surface area contributed by atoms with E-state index in [9.17, 15) is 0 Å². The summed E-state index contributed by atoms with van der Waals surface area (Å²) in [6, 6.07) is 34.3. The average Bonchev–Trinajstić information content (AvgIpc) is 3.19.